The topological polar surface area (TPSA) is 69.6 Å². The van der Waals surface area contributed by atoms with E-state index in [-0.39, 0.29) is 0 Å². The zero-order valence-corrected chi connectivity index (χ0v) is 13.4. The average molecular weight is 365 g/mol. The van der Waals surface area contributed by atoms with Crippen LogP contribution in [0, 0.1) is 6.92 Å². The van der Waals surface area contributed by atoms with E-state index in [9.17, 15) is 0 Å². The van der Waals surface area contributed by atoms with Gasteiger partial charge in [-0.1, -0.05) is 23.7 Å². The van der Waals surface area contributed by atoms with Crippen LogP contribution in [0.1, 0.15) is 5.56 Å². The van der Waals surface area contributed by atoms with Crippen LogP contribution in [0.3, 0.4) is 0 Å². The van der Waals surface area contributed by atoms with Crippen LogP contribution in [0.15, 0.2) is 40.9 Å². The van der Waals surface area contributed by atoms with Gasteiger partial charge in [-0.05, 0) is 63.1 Å². The van der Waals surface area contributed by atoms with Gasteiger partial charge in [-0.25, -0.2) is 0 Å². The number of hydrogen-bond donors (Lipinski definition) is 1. The van der Waals surface area contributed by atoms with Crippen LogP contribution in [0.5, 0.6) is 0 Å². The smallest absolute Gasteiger partial charge is 0.187 e. The highest BCUT2D eigenvalue weighted by atomic mass is 79.9. The quantitative estimate of drug-likeness (QED) is 0.705. The van der Waals surface area contributed by atoms with Gasteiger partial charge in [-0.3, -0.25) is 0 Å². The molecule has 3 rings (SSSR count). The van der Waals surface area contributed by atoms with Crippen molar-refractivity contribution in [3.63, 3.8) is 0 Å². The third-order valence-electron chi connectivity index (χ3n) is 3.23. The lowest BCUT2D eigenvalue weighted by Gasteiger charge is -2.09. The van der Waals surface area contributed by atoms with Crippen molar-refractivity contribution >= 4 is 33.2 Å². The van der Waals surface area contributed by atoms with Crippen LogP contribution in [-0.4, -0.2) is 20.2 Å². The molecule has 0 aliphatic carbocycles. The highest BCUT2D eigenvalue weighted by molar-refractivity contribution is 9.10. The minimum Gasteiger partial charge on any atom is -0.398 e. The molecule has 0 spiro atoms. The lowest BCUT2D eigenvalue weighted by molar-refractivity contribution is 0.791. The number of rotatable bonds is 2. The Bertz CT molecular complexity index is 815. The number of hydrogen-bond acceptors (Lipinski definition) is 4. The molecule has 0 aliphatic rings. The van der Waals surface area contributed by atoms with Crippen molar-refractivity contribution in [3.8, 4) is 17.1 Å². The summed E-state index contributed by atoms with van der Waals surface area (Å²) in [5, 5.41) is 12.5. The Hall–Kier alpha value is -1.92. The Balaban J connectivity index is 2.17. The minimum absolute atomic E-state index is 0.596. The first-order valence-electron chi connectivity index (χ1n) is 6.17. The van der Waals surface area contributed by atoms with E-state index in [1.54, 1.807) is 10.7 Å². The van der Waals surface area contributed by atoms with E-state index in [4.69, 9.17) is 17.3 Å². The van der Waals surface area contributed by atoms with Gasteiger partial charge in [-0.2, -0.15) is 4.68 Å². The fourth-order valence-electron chi connectivity index (χ4n) is 2.04. The van der Waals surface area contributed by atoms with Gasteiger partial charge in [-0.15, -0.1) is 5.10 Å². The molecule has 2 aromatic carbocycles. The van der Waals surface area contributed by atoms with Crippen LogP contribution in [0.4, 0.5) is 5.69 Å². The van der Waals surface area contributed by atoms with Crippen LogP contribution < -0.4 is 5.73 Å². The number of aromatic nitrogens is 4. The molecule has 0 saturated heterocycles. The molecule has 3 aromatic rings. The Morgan fingerprint density at radius 1 is 1.24 bits per heavy atom. The molecule has 0 unspecified atom stereocenters. The first-order chi connectivity index (χ1) is 10.1. The van der Waals surface area contributed by atoms with Crippen molar-refractivity contribution in [2.24, 2.45) is 0 Å². The summed E-state index contributed by atoms with van der Waals surface area (Å²) < 4.78 is 2.46. The maximum Gasteiger partial charge on any atom is 0.187 e. The average Bonchev–Trinajstić information content (AvgIpc) is 2.94. The van der Waals surface area contributed by atoms with Crippen LogP contribution >= 0.6 is 27.5 Å². The Kier molecular flexibility index (Phi) is 3.65. The molecule has 0 fully saturated rings. The van der Waals surface area contributed by atoms with Crippen LogP contribution in [-0.2, 0) is 0 Å². The molecule has 21 heavy (non-hydrogen) atoms. The van der Waals surface area contributed by atoms with E-state index in [0.717, 1.165) is 21.3 Å². The summed E-state index contributed by atoms with van der Waals surface area (Å²) in [4.78, 5) is 0. The zero-order valence-electron chi connectivity index (χ0n) is 11.1. The summed E-state index contributed by atoms with van der Waals surface area (Å²) >= 11 is 9.50. The van der Waals surface area contributed by atoms with Gasteiger partial charge in [0.2, 0.25) is 0 Å². The molecule has 0 amide bonds. The zero-order chi connectivity index (χ0) is 15.0. The predicted octanol–water partition coefficient (Wildman–Crippen LogP) is 3.64. The maximum absolute atomic E-state index is 6.14. The van der Waals surface area contributed by atoms with E-state index in [1.165, 1.54) is 0 Å². The molecule has 0 radical (unpaired) electrons. The van der Waals surface area contributed by atoms with Gasteiger partial charge in [0.25, 0.3) is 0 Å². The molecule has 106 valence electrons. The molecule has 7 heteroatoms. The number of halogens is 2. The molecule has 0 aliphatic heterocycles. The Morgan fingerprint density at radius 2 is 2.05 bits per heavy atom. The Labute approximate surface area is 134 Å². The van der Waals surface area contributed by atoms with Crippen molar-refractivity contribution in [3.05, 3.63) is 51.5 Å². The lowest BCUT2D eigenvalue weighted by Crippen LogP contribution is -2.02. The van der Waals surface area contributed by atoms with Crippen molar-refractivity contribution < 1.29 is 0 Å². The molecule has 1 heterocycles. The fourth-order valence-corrected chi connectivity index (χ4v) is 2.46. The fraction of sp³-hybridized carbons (Fsp3) is 0.0714. The standard InChI is InChI=1S/C14H11BrClN5/c1-8-10(3-2-4-13(8)17)14-18-19-20-21(14)9-5-6-11(15)12(16)7-9/h2-7H,17H2,1H3. The third-order valence-corrected chi connectivity index (χ3v) is 4.47. The summed E-state index contributed by atoms with van der Waals surface area (Å²) in [5.41, 5.74) is 9.27. The van der Waals surface area contributed by atoms with Crippen molar-refractivity contribution in [1.29, 1.82) is 0 Å². The summed E-state index contributed by atoms with van der Waals surface area (Å²) in [5.74, 6) is 0.623. The van der Waals surface area contributed by atoms with Gasteiger partial charge in [0.15, 0.2) is 5.82 Å². The first-order valence-corrected chi connectivity index (χ1v) is 7.34. The molecular formula is C14H11BrClN5. The molecule has 5 nitrogen and oxygen atoms in total. The van der Waals surface area contributed by atoms with Gasteiger partial charge in [0, 0.05) is 15.7 Å². The molecular weight excluding hydrogens is 354 g/mol. The molecule has 1 aromatic heterocycles. The van der Waals surface area contributed by atoms with Crippen LogP contribution in [0.2, 0.25) is 5.02 Å². The second-order valence-corrected chi connectivity index (χ2v) is 5.79. The first kappa shape index (κ1) is 14.0. The van der Waals surface area contributed by atoms with Gasteiger partial charge >= 0.3 is 0 Å². The highest BCUT2D eigenvalue weighted by Crippen LogP contribution is 2.29. The summed E-state index contributed by atoms with van der Waals surface area (Å²) in [6.07, 6.45) is 0. The van der Waals surface area contributed by atoms with Crippen LogP contribution in [0.25, 0.3) is 17.1 Å². The number of nitrogens with two attached hydrogens (primary N) is 1. The van der Waals surface area contributed by atoms with E-state index in [0.29, 0.717) is 16.5 Å². The van der Waals surface area contributed by atoms with Gasteiger partial charge in [0.1, 0.15) is 0 Å². The number of anilines is 1. The maximum atomic E-state index is 6.14. The largest absolute Gasteiger partial charge is 0.398 e. The minimum atomic E-state index is 0.596. The van der Waals surface area contributed by atoms with Crippen molar-refractivity contribution in [1.82, 2.24) is 20.2 Å². The summed E-state index contributed by atoms with van der Waals surface area (Å²) in [7, 11) is 0. The highest BCUT2D eigenvalue weighted by Gasteiger charge is 2.14. The number of nitrogen functional groups attached to an aromatic ring is 1. The summed E-state index contributed by atoms with van der Waals surface area (Å²) in [6.45, 7) is 1.94. The van der Waals surface area contributed by atoms with E-state index in [2.05, 4.69) is 31.5 Å². The SMILES string of the molecule is Cc1c(N)cccc1-c1nnnn1-c1ccc(Br)c(Cl)c1. The number of nitrogens with zero attached hydrogens (tertiary/aromatic N) is 4. The second-order valence-electron chi connectivity index (χ2n) is 4.53. The van der Waals surface area contributed by atoms with E-state index in [1.807, 2.05) is 37.3 Å². The Morgan fingerprint density at radius 3 is 2.81 bits per heavy atom. The normalized spacial score (nSPS) is 10.8. The lowest BCUT2D eigenvalue weighted by atomic mass is 10.1. The molecule has 2 N–H and O–H groups in total. The molecule has 0 atom stereocenters. The monoisotopic (exact) mass is 363 g/mol. The third kappa shape index (κ3) is 2.52. The van der Waals surface area contributed by atoms with Gasteiger partial charge in [0.05, 0.1) is 10.7 Å². The van der Waals surface area contributed by atoms with Crippen molar-refractivity contribution in [2.45, 2.75) is 6.92 Å². The number of tetrazole rings is 1. The molecule has 0 bridgehead atoms. The second kappa shape index (κ2) is 5.46. The predicted molar refractivity (Wildman–Crippen MR) is 86.4 cm³/mol. The summed E-state index contributed by atoms with van der Waals surface area (Å²) in [6, 6.07) is 11.2. The molecule has 0 saturated carbocycles. The van der Waals surface area contributed by atoms with E-state index < -0.39 is 0 Å². The number of benzene rings is 2. The van der Waals surface area contributed by atoms with E-state index >= 15 is 0 Å². The van der Waals surface area contributed by atoms with Gasteiger partial charge < -0.3 is 5.73 Å². The van der Waals surface area contributed by atoms with Crippen molar-refractivity contribution in [2.75, 3.05) is 5.73 Å².